The molecule has 0 spiro atoms. The third kappa shape index (κ3) is 1.66. The van der Waals surface area contributed by atoms with Gasteiger partial charge in [-0.15, -0.1) is 0 Å². The number of H-pyrrole nitrogens is 1. The Morgan fingerprint density at radius 3 is 2.53 bits per heavy atom. The van der Waals surface area contributed by atoms with Gasteiger partial charge in [0.05, 0.1) is 11.9 Å². The second-order valence-electron chi connectivity index (χ2n) is 3.64. The van der Waals surface area contributed by atoms with Crippen LogP contribution in [0.2, 0.25) is 0 Å². The molecule has 4 heteroatoms. The van der Waals surface area contributed by atoms with Gasteiger partial charge in [-0.1, -0.05) is 0 Å². The molecule has 4 N–H and O–H groups in total. The van der Waals surface area contributed by atoms with Gasteiger partial charge in [0.25, 0.3) is 0 Å². The number of nitrogens with one attached hydrogen (secondary N) is 1. The topological polar surface area (TPSA) is 74.9 Å². The van der Waals surface area contributed by atoms with Crippen LogP contribution in [0.1, 0.15) is 11.1 Å². The van der Waals surface area contributed by atoms with Crippen molar-refractivity contribution in [3.8, 4) is 17.0 Å². The number of aromatic nitrogens is 2. The van der Waals surface area contributed by atoms with E-state index < -0.39 is 0 Å². The molecule has 0 radical (unpaired) electrons. The van der Waals surface area contributed by atoms with Crippen molar-refractivity contribution in [2.24, 2.45) is 0 Å². The number of aromatic hydroxyl groups is 1. The molecule has 1 aromatic carbocycles. The highest BCUT2D eigenvalue weighted by atomic mass is 16.3. The van der Waals surface area contributed by atoms with E-state index in [1.807, 2.05) is 19.9 Å². The summed E-state index contributed by atoms with van der Waals surface area (Å²) in [6.07, 6.45) is 1.61. The number of aromatic amines is 1. The molecule has 0 amide bonds. The van der Waals surface area contributed by atoms with E-state index in [2.05, 4.69) is 9.97 Å². The lowest BCUT2D eigenvalue weighted by Crippen LogP contribution is -1.87. The van der Waals surface area contributed by atoms with Gasteiger partial charge in [-0.3, -0.25) is 0 Å². The SMILES string of the molecule is Cc1cc(O)c(-c2cnc(N)[nH]2)cc1C. The molecule has 0 bridgehead atoms. The molecule has 0 aliphatic carbocycles. The van der Waals surface area contributed by atoms with Crippen LogP contribution >= 0.6 is 0 Å². The van der Waals surface area contributed by atoms with Crippen LogP contribution in [-0.2, 0) is 0 Å². The number of nitrogens with two attached hydrogens (primary N) is 1. The molecule has 2 aromatic rings. The Balaban J connectivity index is 2.58. The van der Waals surface area contributed by atoms with Crippen molar-refractivity contribution in [2.45, 2.75) is 13.8 Å². The van der Waals surface area contributed by atoms with Crippen molar-refractivity contribution < 1.29 is 5.11 Å². The van der Waals surface area contributed by atoms with Crippen molar-refractivity contribution in [1.82, 2.24) is 9.97 Å². The lowest BCUT2D eigenvalue weighted by Gasteiger charge is -2.06. The summed E-state index contributed by atoms with van der Waals surface area (Å²) in [6, 6.07) is 3.65. The van der Waals surface area contributed by atoms with Crippen LogP contribution in [-0.4, -0.2) is 15.1 Å². The van der Waals surface area contributed by atoms with Gasteiger partial charge in [0.1, 0.15) is 5.75 Å². The molecule has 0 unspecified atom stereocenters. The molecule has 4 nitrogen and oxygen atoms in total. The van der Waals surface area contributed by atoms with E-state index in [9.17, 15) is 5.11 Å². The van der Waals surface area contributed by atoms with Gasteiger partial charge >= 0.3 is 0 Å². The average Bonchev–Trinajstić information content (AvgIpc) is 2.58. The van der Waals surface area contributed by atoms with Crippen molar-refractivity contribution in [3.05, 3.63) is 29.5 Å². The van der Waals surface area contributed by atoms with E-state index >= 15 is 0 Å². The molecule has 0 aliphatic heterocycles. The Labute approximate surface area is 87.8 Å². The fraction of sp³-hybridized carbons (Fsp3) is 0.182. The van der Waals surface area contributed by atoms with Gasteiger partial charge in [-0.25, -0.2) is 4.98 Å². The van der Waals surface area contributed by atoms with Crippen LogP contribution in [0.4, 0.5) is 5.95 Å². The summed E-state index contributed by atoms with van der Waals surface area (Å²) >= 11 is 0. The second kappa shape index (κ2) is 3.31. The summed E-state index contributed by atoms with van der Waals surface area (Å²) in [4.78, 5) is 6.78. The molecule has 0 fully saturated rings. The molecule has 2 rings (SSSR count). The highest BCUT2D eigenvalue weighted by molar-refractivity contribution is 5.69. The van der Waals surface area contributed by atoms with Crippen LogP contribution in [0.15, 0.2) is 18.3 Å². The molecule has 0 saturated heterocycles. The zero-order chi connectivity index (χ0) is 11.0. The van der Waals surface area contributed by atoms with Crippen LogP contribution in [0.25, 0.3) is 11.3 Å². The van der Waals surface area contributed by atoms with Crippen LogP contribution in [0.5, 0.6) is 5.75 Å². The Morgan fingerprint density at radius 2 is 1.93 bits per heavy atom. The largest absolute Gasteiger partial charge is 0.507 e. The molecule has 78 valence electrons. The minimum Gasteiger partial charge on any atom is -0.507 e. The van der Waals surface area contributed by atoms with E-state index in [1.165, 1.54) is 0 Å². The molecule has 0 atom stereocenters. The Morgan fingerprint density at radius 1 is 1.27 bits per heavy atom. The molecular formula is C11H13N3O. The van der Waals surface area contributed by atoms with Crippen molar-refractivity contribution in [1.29, 1.82) is 0 Å². The number of benzene rings is 1. The van der Waals surface area contributed by atoms with Crippen LogP contribution in [0.3, 0.4) is 0 Å². The molecule has 15 heavy (non-hydrogen) atoms. The third-order valence-corrected chi connectivity index (χ3v) is 2.50. The van der Waals surface area contributed by atoms with E-state index in [-0.39, 0.29) is 5.75 Å². The first-order chi connectivity index (χ1) is 7.08. The van der Waals surface area contributed by atoms with E-state index in [0.29, 0.717) is 5.95 Å². The number of anilines is 1. The Bertz CT molecular complexity index is 503. The number of nitrogen functional groups attached to an aromatic ring is 1. The molecular weight excluding hydrogens is 190 g/mol. The smallest absolute Gasteiger partial charge is 0.197 e. The summed E-state index contributed by atoms with van der Waals surface area (Å²) < 4.78 is 0. The number of rotatable bonds is 1. The molecule has 0 saturated carbocycles. The van der Waals surface area contributed by atoms with Gasteiger partial charge in [0.15, 0.2) is 5.95 Å². The van der Waals surface area contributed by atoms with E-state index in [0.717, 1.165) is 22.4 Å². The number of hydrogen-bond donors (Lipinski definition) is 3. The standard InChI is InChI=1S/C11H13N3O/c1-6-3-8(10(15)4-7(6)2)9-5-13-11(12)14-9/h3-5,15H,1-2H3,(H3,12,13,14). The first-order valence-corrected chi connectivity index (χ1v) is 4.69. The van der Waals surface area contributed by atoms with Crippen LogP contribution in [0, 0.1) is 13.8 Å². The predicted molar refractivity (Wildman–Crippen MR) is 59.6 cm³/mol. The number of imidazole rings is 1. The lowest BCUT2D eigenvalue weighted by molar-refractivity contribution is 0.476. The number of hydrogen-bond acceptors (Lipinski definition) is 3. The maximum Gasteiger partial charge on any atom is 0.197 e. The van der Waals surface area contributed by atoms with E-state index in [4.69, 9.17) is 5.73 Å². The number of phenols is 1. The maximum atomic E-state index is 9.79. The second-order valence-corrected chi connectivity index (χ2v) is 3.64. The fourth-order valence-corrected chi connectivity index (χ4v) is 1.49. The number of nitrogens with zero attached hydrogens (tertiary/aromatic N) is 1. The zero-order valence-electron chi connectivity index (χ0n) is 8.70. The first-order valence-electron chi connectivity index (χ1n) is 4.69. The molecule has 1 heterocycles. The van der Waals surface area contributed by atoms with Crippen LogP contribution < -0.4 is 5.73 Å². The zero-order valence-corrected chi connectivity index (χ0v) is 8.70. The minimum atomic E-state index is 0.238. The average molecular weight is 203 g/mol. The fourth-order valence-electron chi connectivity index (χ4n) is 1.49. The first kappa shape index (κ1) is 9.58. The van der Waals surface area contributed by atoms with Crippen molar-refractivity contribution in [3.63, 3.8) is 0 Å². The Hall–Kier alpha value is -1.97. The highest BCUT2D eigenvalue weighted by Gasteiger charge is 2.08. The quantitative estimate of drug-likeness (QED) is 0.663. The summed E-state index contributed by atoms with van der Waals surface area (Å²) in [7, 11) is 0. The van der Waals surface area contributed by atoms with Gasteiger partial charge < -0.3 is 15.8 Å². The molecule has 0 aliphatic rings. The van der Waals surface area contributed by atoms with E-state index in [1.54, 1.807) is 12.3 Å². The number of aryl methyl sites for hydroxylation is 2. The number of phenolic OH excluding ortho intramolecular Hbond substituents is 1. The highest BCUT2D eigenvalue weighted by Crippen LogP contribution is 2.30. The van der Waals surface area contributed by atoms with Gasteiger partial charge in [-0.2, -0.15) is 0 Å². The third-order valence-electron chi connectivity index (χ3n) is 2.50. The monoisotopic (exact) mass is 203 g/mol. The Kier molecular flexibility index (Phi) is 2.11. The van der Waals surface area contributed by atoms with Crippen molar-refractivity contribution in [2.75, 3.05) is 5.73 Å². The van der Waals surface area contributed by atoms with Gasteiger partial charge in [-0.05, 0) is 37.1 Å². The summed E-state index contributed by atoms with van der Waals surface area (Å²) in [5, 5.41) is 9.79. The summed E-state index contributed by atoms with van der Waals surface area (Å²) in [5.41, 5.74) is 9.12. The summed E-state index contributed by atoms with van der Waals surface area (Å²) in [6.45, 7) is 3.96. The lowest BCUT2D eigenvalue weighted by atomic mass is 10.0. The summed E-state index contributed by atoms with van der Waals surface area (Å²) in [5.74, 6) is 0.587. The van der Waals surface area contributed by atoms with Crippen molar-refractivity contribution >= 4 is 5.95 Å². The van der Waals surface area contributed by atoms with Gasteiger partial charge in [0.2, 0.25) is 0 Å². The maximum absolute atomic E-state index is 9.79. The molecule has 1 aromatic heterocycles. The predicted octanol–water partition coefficient (Wildman–Crippen LogP) is 1.98. The normalized spacial score (nSPS) is 10.5. The minimum absolute atomic E-state index is 0.238. The van der Waals surface area contributed by atoms with Gasteiger partial charge in [0, 0.05) is 5.56 Å².